The monoisotopic (exact) mass is 581 g/mol. The van der Waals surface area contributed by atoms with Crippen molar-refractivity contribution < 1.29 is 38.4 Å². The molecule has 0 saturated carbocycles. The van der Waals surface area contributed by atoms with E-state index in [0.717, 1.165) is 31.5 Å². The van der Waals surface area contributed by atoms with E-state index in [-0.39, 0.29) is 17.2 Å². The van der Waals surface area contributed by atoms with Crippen LogP contribution in [0.15, 0.2) is 23.1 Å². The molecule has 1 fully saturated rings. The Morgan fingerprint density at radius 2 is 1.71 bits per heavy atom. The normalized spacial score (nSPS) is 19.8. The van der Waals surface area contributed by atoms with E-state index < -0.39 is 48.5 Å². The number of nitrogens with one attached hydrogen (secondary N) is 1. The zero-order valence-corrected chi connectivity index (χ0v) is 23.0. The van der Waals surface area contributed by atoms with Crippen LogP contribution in [0.2, 0.25) is 0 Å². The molecular weight excluding hydrogens is 544 g/mol. The molecule has 0 spiro atoms. The highest BCUT2D eigenvalue weighted by molar-refractivity contribution is 6.02. The number of nitrogens with zero attached hydrogens (tertiary/aromatic N) is 4. The number of rotatable bonds is 16. The lowest BCUT2D eigenvalue weighted by Gasteiger charge is -2.21. The molecule has 3 rings (SSSR count). The Hall–Kier alpha value is -3.36. The molecule has 1 saturated heterocycles. The number of anilines is 1. The van der Waals surface area contributed by atoms with Crippen molar-refractivity contribution in [2.45, 2.75) is 102 Å². The van der Waals surface area contributed by atoms with Crippen LogP contribution < -0.4 is 11.0 Å². The highest BCUT2D eigenvalue weighted by Crippen LogP contribution is 2.42. The van der Waals surface area contributed by atoms with Gasteiger partial charge in [-0.05, 0) is 30.5 Å². The number of aromatic nitrogens is 4. The summed E-state index contributed by atoms with van der Waals surface area (Å²) in [6.45, 7) is 1.30. The molecule has 0 unspecified atom stereocenters. The second-order valence-electron chi connectivity index (χ2n) is 10.1. The molecule has 0 aliphatic carbocycles. The Bertz CT molecular complexity index is 1240. The Labute approximate surface area is 235 Å². The third-order valence-electron chi connectivity index (χ3n) is 6.99. The summed E-state index contributed by atoms with van der Waals surface area (Å²) in [5.74, 6) is -6.26. The zero-order chi connectivity index (χ0) is 30.0. The van der Waals surface area contributed by atoms with Crippen LogP contribution in [0, 0.1) is 0 Å². The van der Waals surface area contributed by atoms with E-state index in [4.69, 9.17) is 9.84 Å². The highest BCUT2D eigenvalue weighted by Gasteiger charge is 2.59. The van der Waals surface area contributed by atoms with Gasteiger partial charge in [-0.25, -0.2) is 9.59 Å². The van der Waals surface area contributed by atoms with Gasteiger partial charge in [0, 0.05) is 6.20 Å². The van der Waals surface area contributed by atoms with Gasteiger partial charge in [0.15, 0.2) is 17.5 Å². The predicted molar refractivity (Wildman–Crippen MR) is 143 cm³/mol. The average molecular weight is 582 g/mol. The topological polar surface area (TPSA) is 177 Å². The number of carbonyl (C=O) groups is 2. The number of aryl methyl sites for hydroxylation is 1. The predicted octanol–water partition coefficient (Wildman–Crippen LogP) is 3.33. The Morgan fingerprint density at radius 3 is 2.27 bits per heavy atom. The Morgan fingerprint density at radius 1 is 1.07 bits per heavy atom. The highest BCUT2D eigenvalue weighted by atomic mass is 19.3. The number of aliphatic hydroxyl groups excluding tert-OH is 2. The summed E-state index contributed by atoms with van der Waals surface area (Å²) >= 11 is 0. The number of halogens is 2. The largest absolute Gasteiger partial charge is 0.476 e. The summed E-state index contributed by atoms with van der Waals surface area (Å²) in [6.07, 6.45) is 6.30. The lowest BCUT2D eigenvalue weighted by molar-refractivity contribution is -0.140. The molecule has 3 heterocycles. The molecule has 14 heteroatoms. The van der Waals surface area contributed by atoms with Crippen LogP contribution >= 0.6 is 0 Å². The Kier molecular flexibility index (Phi) is 11.8. The standard InChI is InChI=1S/C27H37F2N5O7/c1-2-3-4-5-6-7-8-9-10-11-12-17-15-18(32-33-21(17)24(38)39)23(37)30-20-13-14-34(26(40)31-20)25-27(28,29)22(36)19(16-35)41-25/h13-15,19,22,25,35-36H,2-12,16H2,1H3,(H,38,39)(H,30,31,37,40)/t19-,22-,25-/m1/s1. The van der Waals surface area contributed by atoms with E-state index in [1.165, 1.54) is 44.6 Å². The summed E-state index contributed by atoms with van der Waals surface area (Å²) in [5, 5.41) is 38.0. The minimum Gasteiger partial charge on any atom is -0.476 e. The van der Waals surface area contributed by atoms with Gasteiger partial charge in [0.05, 0.1) is 6.61 Å². The first kappa shape index (κ1) is 32.2. The van der Waals surface area contributed by atoms with Crippen LogP contribution in [0.25, 0.3) is 0 Å². The van der Waals surface area contributed by atoms with Crippen molar-refractivity contribution in [2.24, 2.45) is 0 Å². The fourth-order valence-corrected chi connectivity index (χ4v) is 4.67. The van der Waals surface area contributed by atoms with Crippen molar-refractivity contribution in [3.05, 3.63) is 45.8 Å². The lowest BCUT2D eigenvalue weighted by atomic mass is 10.0. The van der Waals surface area contributed by atoms with Gasteiger partial charge in [-0.2, -0.15) is 13.8 Å². The quantitative estimate of drug-likeness (QED) is 0.215. The second kappa shape index (κ2) is 15.0. The molecule has 1 aliphatic heterocycles. The first-order valence-corrected chi connectivity index (χ1v) is 13.9. The van der Waals surface area contributed by atoms with Crippen molar-refractivity contribution in [1.82, 2.24) is 19.7 Å². The number of carboxylic acids is 1. The minimum absolute atomic E-state index is 0.206. The van der Waals surface area contributed by atoms with Gasteiger partial charge in [0.2, 0.25) is 6.23 Å². The molecule has 0 bridgehead atoms. The van der Waals surface area contributed by atoms with Crippen LogP contribution in [0.5, 0.6) is 0 Å². The molecule has 41 heavy (non-hydrogen) atoms. The van der Waals surface area contributed by atoms with Gasteiger partial charge < -0.3 is 25.4 Å². The van der Waals surface area contributed by atoms with E-state index in [0.29, 0.717) is 23.0 Å². The average Bonchev–Trinajstić information content (AvgIpc) is 3.17. The SMILES string of the molecule is CCCCCCCCCCCCc1cc(C(=O)Nc2ccn([C@@H]3O[C@H](CO)[C@@H](O)C3(F)F)c(=O)n2)nnc1C(=O)O. The van der Waals surface area contributed by atoms with Crippen LogP contribution in [-0.4, -0.2) is 71.7 Å². The molecule has 0 radical (unpaired) electrons. The van der Waals surface area contributed by atoms with E-state index in [1.807, 2.05) is 0 Å². The number of carboxylic acid groups (broad SMARTS) is 1. The van der Waals surface area contributed by atoms with Gasteiger partial charge in [-0.15, -0.1) is 10.2 Å². The number of hydrogen-bond acceptors (Lipinski definition) is 9. The summed E-state index contributed by atoms with van der Waals surface area (Å²) in [7, 11) is 0. The van der Waals surface area contributed by atoms with Crippen molar-refractivity contribution >= 4 is 17.7 Å². The van der Waals surface area contributed by atoms with Crippen LogP contribution in [0.3, 0.4) is 0 Å². The number of ether oxygens (including phenoxy) is 1. The van der Waals surface area contributed by atoms with E-state index in [2.05, 4.69) is 27.4 Å². The van der Waals surface area contributed by atoms with Crippen LogP contribution in [0.4, 0.5) is 14.6 Å². The molecule has 1 aliphatic rings. The van der Waals surface area contributed by atoms with Crippen LogP contribution in [-0.2, 0) is 11.2 Å². The van der Waals surface area contributed by atoms with E-state index in [9.17, 15) is 33.4 Å². The molecular formula is C27H37F2N5O7. The van der Waals surface area contributed by atoms with Gasteiger partial charge >= 0.3 is 17.6 Å². The summed E-state index contributed by atoms with van der Waals surface area (Å²) in [5.41, 5.74) is -1.31. The van der Waals surface area contributed by atoms with Gasteiger partial charge in [-0.1, -0.05) is 64.7 Å². The number of aliphatic hydroxyl groups is 2. The van der Waals surface area contributed by atoms with Crippen molar-refractivity contribution in [3.8, 4) is 0 Å². The fraction of sp³-hybridized carbons (Fsp3) is 0.630. The Balaban J connectivity index is 1.60. The van der Waals surface area contributed by atoms with Crippen molar-refractivity contribution in [1.29, 1.82) is 0 Å². The first-order chi connectivity index (χ1) is 19.6. The number of aromatic carboxylic acids is 1. The zero-order valence-electron chi connectivity index (χ0n) is 23.0. The molecule has 4 N–H and O–H groups in total. The third kappa shape index (κ3) is 8.33. The summed E-state index contributed by atoms with van der Waals surface area (Å²) < 4.78 is 34.1. The molecule has 1 amide bonds. The molecule has 226 valence electrons. The molecule has 2 aromatic heterocycles. The van der Waals surface area contributed by atoms with E-state index in [1.54, 1.807) is 0 Å². The summed E-state index contributed by atoms with van der Waals surface area (Å²) in [4.78, 5) is 40.4. The fourth-order valence-electron chi connectivity index (χ4n) is 4.67. The van der Waals surface area contributed by atoms with Crippen LogP contribution in [0.1, 0.15) is 104 Å². The molecule has 12 nitrogen and oxygen atoms in total. The second-order valence-corrected chi connectivity index (χ2v) is 10.1. The number of hydrogen-bond donors (Lipinski definition) is 4. The lowest BCUT2D eigenvalue weighted by Crippen LogP contribution is -2.41. The van der Waals surface area contributed by atoms with Gasteiger partial charge in [0.25, 0.3) is 5.91 Å². The molecule has 0 aromatic carbocycles. The molecule has 3 atom stereocenters. The van der Waals surface area contributed by atoms with E-state index >= 15 is 0 Å². The maximum atomic E-state index is 14.4. The molecule has 2 aromatic rings. The van der Waals surface area contributed by atoms with Crippen molar-refractivity contribution in [2.75, 3.05) is 11.9 Å². The third-order valence-corrected chi connectivity index (χ3v) is 6.99. The summed E-state index contributed by atoms with van der Waals surface area (Å²) in [6, 6.07) is 2.39. The van der Waals surface area contributed by atoms with Crippen molar-refractivity contribution in [3.63, 3.8) is 0 Å². The maximum Gasteiger partial charge on any atom is 0.356 e. The number of alkyl halides is 2. The maximum absolute atomic E-state index is 14.4. The number of unbranched alkanes of at least 4 members (excludes halogenated alkanes) is 9. The number of carbonyl (C=O) groups excluding carboxylic acids is 1. The first-order valence-electron chi connectivity index (χ1n) is 13.9. The minimum atomic E-state index is -3.88. The number of amides is 1. The van der Waals surface area contributed by atoms with Gasteiger partial charge in [-0.3, -0.25) is 9.36 Å². The smallest absolute Gasteiger partial charge is 0.356 e. The van der Waals surface area contributed by atoms with Gasteiger partial charge in [0.1, 0.15) is 11.9 Å².